The van der Waals surface area contributed by atoms with Crippen LogP contribution in [0.15, 0.2) is 42.5 Å². The lowest BCUT2D eigenvalue weighted by atomic mass is 10.0. The van der Waals surface area contributed by atoms with E-state index in [-0.39, 0.29) is 42.4 Å². The lowest BCUT2D eigenvalue weighted by Crippen LogP contribution is -2.45. The molecular formula is C21H19F3N2O3. The molecule has 0 bridgehead atoms. The molecular weight excluding hydrogens is 385 g/mol. The van der Waals surface area contributed by atoms with E-state index in [4.69, 9.17) is 4.74 Å². The maximum atomic E-state index is 13.5. The van der Waals surface area contributed by atoms with Crippen molar-refractivity contribution in [3.63, 3.8) is 0 Å². The number of ether oxygens (including phenoxy) is 1. The maximum Gasteiger partial charge on any atom is 0.228 e. The van der Waals surface area contributed by atoms with Gasteiger partial charge in [0.05, 0.1) is 19.1 Å². The quantitative estimate of drug-likeness (QED) is 0.790. The smallest absolute Gasteiger partial charge is 0.228 e. The van der Waals surface area contributed by atoms with Gasteiger partial charge < -0.3 is 14.5 Å². The first-order valence-electron chi connectivity index (χ1n) is 9.33. The van der Waals surface area contributed by atoms with Crippen molar-refractivity contribution in [2.24, 2.45) is 5.92 Å². The summed E-state index contributed by atoms with van der Waals surface area (Å²) in [6, 6.07) is 8.80. The Hall–Kier alpha value is -2.87. The molecule has 2 saturated heterocycles. The first-order chi connectivity index (χ1) is 13.9. The van der Waals surface area contributed by atoms with Crippen LogP contribution in [0.5, 0.6) is 0 Å². The van der Waals surface area contributed by atoms with E-state index in [1.165, 1.54) is 17.0 Å². The topological polar surface area (TPSA) is 49.9 Å². The molecule has 0 aromatic heterocycles. The Labute approximate surface area is 165 Å². The maximum absolute atomic E-state index is 13.5. The zero-order chi connectivity index (χ0) is 20.5. The number of carbonyl (C=O) groups excluding carboxylic acids is 2. The van der Waals surface area contributed by atoms with Gasteiger partial charge in [-0.15, -0.1) is 0 Å². The van der Waals surface area contributed by atoms with Crippen LogP contribution in [0.25, 0.3) is 0 Å². The number of carbonyl (C=O) groups is 2. The van der Waals surface area contributed by atoms with Gasteiger partial charge in [0, 0.05) is 31.3 Å². The van der Waals surface area contributed by atoms with Gasteiger partial charge in [0.2, 0.25) is 11.8 Å². The Morgan fingerprint density at radius 3 is 2.34 bits per heavy atom. The number of nitrogens with zero attached hydrogens (tertiary/aromatic N) is 2. The molecule has 5 nitrogen and oxygen atoms in total. The van der Waals surface area contributed by atoms with Gasteiger partial charge in [0.25, 0.3) is 0 Å². The predicted octanol–water partition coefficient (Wildman–Crippen LogP) is 3.06. The highest BCUT2D eigenvalue weighted by atomic mass is 19.1. The van der Waals surface area contributed by atoms with E-state index in [0.29, 0.717) is 19.7 Å². The van der Waals surface area contributed by atoms with Crippen LogP contribution >= 0.6 is 0 Å². The average Bonchev–Trinajstić information content (AvgIpc) is 3.09. The van der Waals surface area contributed by atoms with Gasteiger partial charge in [-0.1, -0.05) is 12.1 Å². The van der Waals surface area contributed by atoms with Crippen molar-refractivity contribution >= 4 is 17.5 Å². The van der Waals surface area contributed by atoms with Crippen molar-refractivity contribution in [2.75, 3.05) is 31.1 Å². The number of hydrogen-bond donors (Lipinski definition) is 0. The highest BCUT2D eigenvalue weighted by molar-refractivity contribution is 6.00. The van der Waals surface area contributed by atoms with Crippen LogP contribution in [0, 0.1) is 23.4 Å². The minimum absolute atomic E-state index is 0.0183. The molecule has 152 valence electrons. The first-order valence-corrected chi connectivity index (χ1v) is 9.33. The molecule has 4 rings (SSSR count). The van der Waals surface area contributed by atoms with E-state index in [1.807, 2.05) is 0 Å². The monoisotopic (exact) mass is 404 g/mol. The Bertz CT molecular complexity index is 915. The number of anilines is 1. The predicted molar refractivity (Wildman–Crippen MR) is 98.5 cm³/mol. The Morgan fingerprint density at radius 1 is 0.966 bits per heavy atom. The summed E-state index contributed by atoms with van der Waals surface area (Å²) < 4.78 is 45.8. The molecule has 2 aromatic rings. The van der Waals surface area contributed by atoms with Crippen molar-refractivity contribution in [1.29, 1.82) is 0 Å². The van der Waals surface area contributed by atoms with Gasteiger partial charge in [-0.05, 0) is 29.8 Å². The largest absolute Gasteiger partial charge is 0.370 e. The second kappa shape index (κ2) is 7.87. The van der Waals surface area contributed by atoms with E-state index in [1.54, 1.807) is 17.0 Å². The molecule has 0 aliphatic carbocycles. The Kier molecular flexibility index (Phi) is 5.27. The molecule has 2 unspecified atom stereocenters. The van der Waals surface area contributed by atoms with E-state index in [2.05, 4.69) is 0 Å². The second-order valence-electron chi connectivity index (χ2n) is 7.23. The van der Waals surface area contributed by atoms with E-state index >= 15 is 0 Å². The van der Waals surface area contributed by atoms with E-state index < -0.39 is 17.6 Å². The summed E-state index contributed by atoms with van der Waals surface area (Å²) in [5.74, 6) is -3.06. The standard InChI is InChI=1S/C21H19F3N2O3/c22-15-3-1-13(2-4-15)19-12-25(5-6-29-19)21(28)14-7-20(27)26(11-14)18-9-16(23)8-17(24)10-18/h1-4,8-10,14,19H,5-7,11-12H2. The third-order valence-corrected chi connectivity index (χ3v) is 5.25. The van der Waals surface area contributed by atoms with Crippen molar-refractivity contribution in [2.45, 2.75) is 12.5 Å². The molecule has 2 aliphatic rings. The third kappa shape index (κ3) is 4.12. The molecule has 2 fully saturated rings. The molecule has 0 N–H and O–H groups in total. The van der Waals surface area contributed by atoms with Crippen molar-refractivity contribution in [3.8, 4) is 0 Å². The zero-order valence-electron chi connectivity index (χ0n) is 15.5. The fraction of sp³-hybridized carbons (Fsp3) is 0.333. The van der Waals surface area contributed by atoms with Crippen molar-refractivity contribution < 1.29 is 27.5 Å². The van der Waals surface area contributed by atoms with Gasteiger partial charge in [-0.2, -0.15) is 0 Å². The lowest BCUT2D eigenvalue weighted by Gasteiger charge is -2.34. The number of morpholine rings is 1. The fourth-order valence-electron chi connectivity index (χ4n) is 3.80. The summed E-state index contributed by atoms with van der Waals surface area (Å²) in [5, 5.41) is 0. The summed E-state index contributed by atoms with van der Waals surface area (Å²) in [5.41, 5.74) is 0.872. The van der Waals surface area contributed by atoms with Crippen LogP contribution in [0.4, 0.5) is 18.9 Å². The molecule has 2 atom stereocenters. The molecule has 2 heterocycles. The summed E-state index contributed by atoms with van der Waals surface area (Å²) >= 11 is 0. The van der Waals surface area contributed by atoms with Gasteiger partial charge in [-0.25, -0.2) is 13.2 Å². The molecule has 0 spiro atoms. The molecule has 29 heavy (non-hydrogen) atoms. The number of benzene rings is 2. The van der Waals surface area contributed by atoms with Crippen molar-refractivity contribution in [3.05, 3.63) is 65.5 Å². The van der Waals surface area contributed by atoms with Crippen LogP contribution in [-0.2, 0) is 14.3 Å². The number of amides is 2. The highest BCUT2D eigenvalue weighted by Gasteiger charge is 2.39. The minimum Gasteiger partial charge on any atom is -0.370 e. The summed E-state index contributed by atoms with van der Waals surface area (Å²) in [4.78, 5) is 28.2. The average molecular weight is 404 g/mol. The normalized spacial score (nSPS) is 22.2. The van der Waals surface area contributed by atoms with Gasteiger partial charge in [0.1, 0.15) is 23.6 Å². The third-order valence-electron chi connectivity index (χ3n) is 5.25. The highest BCUT2D eigenvalue weighted by Crippen LogP contribution is 2.29. The molecule has 0 radical (unpaired) electrons. The number of hydrogen-bond acceptors (Lipinski definition) is 3. The van der Waals surface area contributed by atoms with Crippen molar-refractivity contribution in [1.82, 2.24) is 4.90 Å². The van der Waals surface area contributed by atoms with Crippen LogP contribution in [0.3, 0.4) is 0 Å². The molecule has 0 saturated carbocycles. The number of halogens is 3. The summed E-state index contributed by atoms with van der Waals surface area (Å²) in [6.45, 7) is 1.08. The first kappa shape index (κ1) is 19.4. The molecule has 2 amide bonds. The number of rotatable bonds is 3. The Morgan fingerprint density at radius 2 is 1.66 bits per heavy atom. The summed E-state index contributed by atoms with van der Waals surface area (Å²) in [6.07, 6.45) is -0.394. The second-order valence-corrected chi connectivity index (χ2v) is 7.23. The lowest BCUT2D eigenvalue weighted by molar-refractivity contribution is -0.143. The molecule has 2 aliphatic heterocycles. The fourth-order valence-corrected chi connectivity index (χ4v) is 3.80. The molecule has 2 aromatic carbocycles. The van der Waals surface area contributed by atoms with E-state index in [9.17, 15) is 22.8 Å². The van der Waals surface area contributed by atoms with Crippen LogP contribution in [0.2, 0.25) is 0 Å². The SMILES string of the molecule is O=C(C1CC(=O)N(c2cc(F)cc(F)c2)C1)N1CCOC(c2ccc(F)cc2)C1. The van der Waals surface area contributed by atoms with Crippen LogP contribution in [-0.4, -0.2) is 43.0 Å². The van der Waals surface area contributed by atoms with Gasteiger partial charge >= 0.3 is 0 Å². The summed E-state index contributed by atoms with van der Waals surface area (Å²) in [7, 11) is 0. The minimum atomic E-state index is -0.780. The van der Waals surface area contributed by atoms with Gasteiger partial charge in [-0.3, -0.25) is 9.59 Å². The van der Waals surface area contributed by atoms with Crippen LogP contribution < -0.4 is 4.90 Å². The Balaban J connectivity index is 1.45. The zero-order valence-corrected chi connectivity index (χ0v) is 15.5. The van der Waals surface area contributed by atoms with E-state index in [0.717, 1.165) is 23.8 Å². The molecule has 8 heteroatoms. The van der Waals surface area contributed by atoms with Gasteiger partial charge in [0.15, 0.2) is 0 Å². The van der Waals surface area contributed by atoms with Crippen LogP contribution in [0.1, 0.15) is 18.1 Å².